The summed E-state index contributed by atoms with van der Waals surface area (Å²) in [5, 5.41) is 0. The fourth-order valence-corrected chi connectivity index (χ4v) is 0.338. The summed E-state index contributed by atoms with van der Waals surface area (Å²) in [6, 6.07) is 0. The molecule has 0 atom stereocenters. The van der Waals surface area contributed by atoms with Crippen molar-refractivity contribution in [2.75, 3.05) is 0 Å². The topological polar surface area (TPSA) is 25.8 Å². The van der Waals surface area contributed by atoms with Crippen molar-refractivity contribution >= 4 is 0 Å². The average Bonchev–Trinajstić information content (AvgIpc) is 1.69. The molecule has 3 heteroatoms. The van der Waals surface area contributed by atoms with Crippen molar-refractivity contribution in [3.63, 3.8) is 0 Å². The van der Waals surface area contributed by atoms with Crippen LogP contribution in [0.15, 0.2) is 12.4 Å². The quantitative estimate of drug-likeness (QED) is 0.548. The Bertz CT molecular complexity index is 140. The van der Waals surface area contributed by atoms with Gasteiger partial charge in [0.25, 0.3) is 0 Å². The van der Waals surface area contributed by atoms with Crippen LogP contribution in [0.3, 0.4) is 0 Å². The van der Waals surface area contributed by atoms with Crippen molar-refractivity contribution in [3.8, 4) is 0 Å². The molecule has 0 amide bonds. The van der Waals surface area contributed by atoms with E-state index < -0.39 is 0 Å². The van der Waals surface area contributed by atoms with E-state index in [9.17, 15) is 0 Å². The van der Waals surface area contributed by atoms with Gasteiger partial charge in [0.1, 0.15) is 0 Å². The Morgan fingerprint density at radius 1 is 1.50 bits per heavy atom. The van der Waals surface area contributed by atoms with Gasteiger partial charge in [-0.15, -0.1) is 12.4 Å². The third-order valence-electron chi connectivity index (χ3n) is 0.636. The first-order valence-corrected chi connectivity index (χ1v) is 2.05. The molecule has 0 N–H and O–H groups in total. The Kier molecular flexibility index (Phi) is 4.20. The van der Waals surface area contributed by atoms with E-state index in [1.54, 1.807) is 12.4 Å². The molecule has 0 unspecified atom stereocenters. The van der Waals surface area contributed by atoms with Gasteiger partial charge in [0.2, 0.25) is 0 Å². The molecule has 39 valence electrons. The molecule has 1 heterocycles. The largest absolute Gasteiger partial charge is 0.456 e. The number of rotatable bonds is 0. The second kappa shape index (κ2) is 4.10. The molecule has 0 fully saturated rings. The number of hydrogen-bond acceptors (Lipinski definition) is 2. The van der Waals surface area contributed by atoms with Gasteiger partial charge in [0.05, 0.1) is 0 Å². The van der Waals surface area contributed by atoms with Crippen LogP contribution in [0.5, 0.6) is 0 Å². The maximum absolute atomic E-state index is 3.86. The molecule has 0 aliphatic carbocycles. The molecule has 0 bridgehead atoms. The summed E-state index contributed by atoms with van der Waals surface area (Å²) in [5.74, 6) is 0. The minimum absolute atomic E-state index is 0. The van der Waals surface area contributed by atoms with Crippen molar-refractivity contribution in [2.45, 2.75) is 6.92 Å². The van der Waals surface area contributed by atoms with Gasteiger partial charge in [0, 0.05) is 32.7 Å². The first-order chi connectivity index (χ1) is 3.39. The van der Waals surface area contributed by atoms with E-state index in [1.807, 2.05) is 6.92 Å². The summed E-state index contributed by atoms with van der Waals surface area (Å²) < 4.78 is 0. The van der Waals surface area contributed by atoms with Crippen LogP contribution in [0.4, 0.5) is 0 Å². The predicted octanol–water partition coefficient (Wildman–Crippen LogP) is 0.583. The predicted molar refractivity (Wildman–Crippen MR) is 25.6 cm³/mol. The summed E-state index contributed by atoms with van der Waals surface area (Å²) >= 11 is 0. The van der Waals surface area contributed by atoms with Crippen LogP contribution >= 0.6 is 0 Å². The molecular weight excluding hydrogens is 177 g/mol. The maximum atomic E-state index is 3.86. The molecular formula is C5H5N2Y-. The third-order valence-corrected chi connectivity index (χ3v) is 0.636. The molecule has 1 aromatic rings. The van der Waals surface area contributed by atoms with Gasteiger partial charge in [-0.05, 0) is 18.8 Å². The Labute approximate surface area is 73.6 Å². The molecule has 1 aromatic heterocycles. The van der Waals surface area contributed by atoms with Crippen LogP contribution in [-0.2, 0) is 32.7 Å². The van der Waals surface area contributed by atoms with Gasteiger partial charge in [-0.25, -0.2) is 0 Å². The smallest absolute Gasteiger partial charge is 0 e. The summed E-state index contributed by atoms with van der Waals surface area (Å²) in [7, 11) is 0. The van der Waals surface area contributed by atoms with Gasteiger partial charge >= 0.3 is 0 Å². The molecule has 0 saturated heterocycles. The first kappa shape index (κ1) is 8.18. The van der Waals surface area contributed by atoms with E-state index in [0.29, 0.717) is 0 Å². The zero-order chi connectivity index (χ0) is 5.11. The normalized spacial score (nSPS) is 7.62. The van der Waals surface area contributed by atoms with Gasteiger partial charge in [-0.1, -0.05) is 0 Å². The molecule has 0 spiro atoms. The van der Waals surface area contributed by atoms with Crippen LogP contribution in [0.1, 0.15) is 5.69 Å². The zero-order valence-electron chi connectivity index (χ0n) is 4.63. The molecule has 0 aliphatic rings. The summed E-state index contributed by atoms with van der Waals surface area (Å²) in [4.78, 5) is 7.56. The molecule has 0 aliphatic heterocycles. The van der Waals surface area contributed by atoms with Crippen LogP contribution in [0, 0.1) is 13.1 Å². The van der Waals surface area contributed by atoms with Crippen LogP contribution in [0.25, 0.3) is 0 Å². The number of hydrogen-bond donors (Lipinski definition) is 0. The zero-order valence-corrected chi connectivity index (χ0v) is 7.46. The SMILES string of the molecule is Cc1[c-]nccn1.[Y]. The summed E-state index contributed by atoms with van der Waals surface area (Å²) in [6.07, 6.45) is 5.92. The molecule has 1 radical (unpaired) electrons. The Morgan fingerprint density at radius 2 is 2.25 bits per heavy atom. The number of aromatic nitrogens is 2. The van der Waals surface area contributed by atoms with Crippen molar-refractivity contribution < 1.29 is 32.7 Å². The van der Waals surface area contributed by atoms with E-state index in [4.69, 9.17) is 0 Å². The minimum Gasteiger partial charge on any atom is -0.456 e. The Balaban J connectivity index is 0.000000490. The monoisotopic (exact) mass is 182 g/mol. The van der Waals surface area contributed by atoms with Gasteiger partial charge in [-0.2, -0.15) is 0 Å². The Hall–Kier alpha value is 0.184. The van der Waals surface area contributed by atoms with E-state index in [-0.39, 0.29) is 32.7 Å². The van der Waals surface area contributed by atoms with Crippen molar-refractivity contribution in [2.24, 2.45) is 0 Å². The van der Waals surface area contributed by atoms with E-state index >= 15 is 0 Å². The minimum atomic E-state index is 0. The van der Waals surface area contributed by atoms with Gasteiger partial charge in [-0.3, -0.25) is 4.98 Å². The molecule has 2 nitrogen and oxygen atoms in total. The van der Waals surface area contributed by atoms with Crippen molar-refractivity contribution in [1.29, 1.82) is 0 Å². The van der Waals surface area contributed by atoms with E-state index in [1.165, 1.54) is 0 Å². The van der Waals surface area contributed by atoms with Crippen LogP contribution < -0.4 is 0 Å². The Morgan fingerprint density at radius 3 is 2.50 bits per heavy atom. The fraction of sp³-hybridized carbons (Fsp3) is 0.200. The molecule has 8 heavy (non-hydrogen) atoms. The standard InChI is InChI=1S/C5H5N2.Y/c1-5-4-6-2-3-7-5;/h2-3H,1H3;/q-1;. The first-order valence-electron chi connectivity index (χ1n) is 2.05. The van der Waals surface area contributed by atoms with Crippen LogP contribution in [-0.4, -0.2) is 9.97 Å². The molecule has 1 rings (SSSR count). The van der Waals surface area contributed by atoms with Crippen molar-refractivity contribution in [3.05, 3.63) is 24.3 Å². The summed E-state index contributed by atoms with van der Waals surface area (Å²) in [6.45, 7) is 1.85. The van der Waals surface area contributed by atoms with Crippen LogP contribution in [0.2, 0.25) is 0 Å². The van der Waals surface area contributed by atoms with Gasteiger partial charge in [0.15, 0.2) is 0 Å². The molecule has 0 aromatic carbocycles. The number of aryl methyl sites for hydroxylation is 1. The van der Waals surface area contributed by atoms with Crippen molar-refractivity contribution in [1.82, 2.24) is 9.97 Å². The molecule has 0 saturated carbocycles. The summed E-state index contributed by atoms with van der Waals surface area (Å²) in [5.41, 5.74) is 0.836. The number of nitrogens with zero attached hydrogens (tertiary/aromatic N) is 2. The fourth-order valence-electron chi connectivity index (χ4n) is 0.338. The second-order valence-electron chi connectivity index (χ2n) is 1.25. The van der Waals surface area contributed by atoms with E-state index in [2.05, 4.69) is 16.2 Å². The van der Waals surface area contributed by atoms with Gasteiger partial charge < -0.3 is 4.98 Å². The third kappa shape index (κ3) is 2.48. The maximum Gasteiger partial charge on any atom is 0 e. The van der Waals surface area contributed by atoms with E-state index in [0.717, 1.165) is 5.69 Å². The second-order valence-corrected chi connectivity index (χ2v) is 1.25. The average molecular weight is 182 g/mol.